The molecule has 6 nitrogen and oxygen atoms in total. The highest BCUT2D eigenvalue weighted by atomic mass is 35.5. The zero-order chi connectivity index (χ0) is 22.9. The Morgan fingerprint density at radius 1 is 0.970 bits per heavy atom. The molecule has 1 N–H and O–H groups in total. The third-order valence-electron chi connectivity index (χ3n) is 5.02. The van der Waals surface area contributed by atoms with E-state index in [1.54, 1.807) is 47.2 Å². The number of fused-ring (bicyclic) bond motifs is 1. The summed E-state index contributed by atoms with van der Waals surface area (Å²) < 4.78 is 29.6. The van der Waals surface area contributed by atoms with Crippen molar-refractivity contribution in [2.75, 3.05) is 5.32 Å². The number of rotatable bonds is 4. The van der Waals surface area contributed by atoms with Crippen LogP contribution in [0.2, 0.25) is 5.28 Å². The van der Waals surface area contributed by atoms with Crippen molar-refractivity contribution < 1.29 is 13.6 Å². The summed E-state index contributed by atoms with van der Waals surface area (Å²) in [5.74, 6) is -2.37. The molecule has 1 amide bonds. The van der Waals surface area contributed by atoms with Gasteiger partial charge in [-0.05, 0) is 54.1 Å². The molecule has 5 rings (SSSR count). The summed E-state index contributed by atoms with van der Waals surface area (Å²) in [6, 6.07) is 17.3. The summed E-state index contributed by atoms with van der Waals surface area (Å²) in [5.41, 5.74) is 2.93. The first-order valence-electron chi connectivity index (χ1n) is 9.83. The summed E-state index contributed by atoms with van der Waals surface area (Å²) in [6.07, 6.45) is 3.34. The Morgan fingerprint density at radius 3 is 2.55 bits per heavy atom. The molecule has 0 fully saturated rings. The van der Waals surface area contributed by atoms with Crippen molar-refractivity contribution in [3.8, 4) is 22.5 Å². The molecule has 0 aliphatic carbocycles. The molecule has 3 heterocycles. The minimum absolute atomic E-state index is 0.0915. The number of hydrogen-bond acceptors (Lipinski definition) is 4. The molecule has 0 atom stereocenters. The molecule has 0 saturated carbocycles. The van der Waals surface area contributed by atoms with Crippen LogP contribution in [0, 0.1) is 11.6 Å². The Balaban J connectivity index is 1.60. The highest BCUT2D eigenvalue weighted by Crippen LogP contribution is 2.34. The molecule has 0 radical (unpaired) electrons. The molecule has 5 aromatic rings. The van der Waals surface area contributed by atoms with E-state index < -0.39 is 23.2 Å². The van der Waals surface area contributed by atoms with Gasteiger partial charge in [0.2, 0.25) is 5.28 Å². The molecule has 3 aromatic heterocycles. The standard InChI is InChI=1S/C24H14ClF2N5O/c25-24-28-11-10-18(29-24)20-19-9-1-2-12-32(19)31-21(20)14-5-3-6-15(13-14)23(33)30-22-16(26)7-4-8-17(22)27/h1-13H,(H,30,33). The predicted octanol–water partition coefficient (Wildman–Crippen LogP) is 5.64. The molecule has 0 aliphatic rings. The summed E-state index contributed by atoms with van der Waals surface area (Å²) >= 11 is 6.02. The number of amides is 1. The van der Waals surface area contributed by atoms with Gasteiger partial charge >= 0.3 is 0 Å². The van der Waals surface area contributed by atoms with Gasteiger partial charge in [-0.1, -0.05) is 24.3 Å². The average Bonchev–Trinajstić information content (AvgIpc) is 3.21. The predicted molar refractivity (Wildman–Crippen MR) is 121 cm³/mol. The van der Waals surface area contributed by atoms with Crippen molar-refractivity contribution in [2.24, 2.45) is 0 Å². The van der Waals surface area contributed by atoms with E-state index in [9.17, 15) is 13.6 Å². The number of nitrogens with zero attached hydrogens (tertiary/aromatic N) is 4. The fourth-order valence-electron chi connectivity index (χ4n) is 3.54. The largest absolute Gasteiger partial charge is 0.317 e. The summed E-state index contributed by atoms with van der Waals surface area (Å²) in [4.78, 5) is 21.0. The fraction of sp³-hybridized carbons (Fsp3) is 0. The van der Waals surface area contributed by atoms with Crippen molar-refractivity contribution in [1.29, 1.82) is 0 Å². The first kappa shape index (κ1) is 20.7. The van der Waals surface area contributed by atoms with Crippen LogP contribution in [0.15, 0.2) is 79.1 Å². The van der Waals surface area contributed by atoms with Crippen molar-refractivity contribution in [3.63, 3.8) is 0 Å². The van der Waals surface area contributed by atoms with Crippen molar-refractivity contribution in [3.05, 3.63) is 102 Å². The van der Waals surface area contributed by atoms with E-state index in [2.05, 4.69) is 20.4 Å². The Hall–Kier alpha value is -4.17. The Kier molecular flexibility index (Phi) is 5.27. The number of aromatic nitrogens is 4. The van der Waals surface area contributed by atoms with Gasteiger partial charge < -0.3 is 5.32 Å². The summed E-state index contributed by atoms with van der Waals surface area (Å²) in [6.45, 7) is 0. The molecule has 162 valence electrons. The maximum Gasteiger partial charge on any atom is 0.255 e. The molecular formula is C24H14ClF2N5O. The van der Waals surface area contributed by atoms with Crippen LogP contribution >= 0.6 is 11.6 Å². The van der Waals surface area contributed by atoms with E-state index in [1.165, 1.54) is 6.07 Å². The SMILES string of the molecule is O=C(Nc1c(F)cccc1F)c1cccc(-c2nn3ccccc3c2-c2ccnc(Cl)n2)c1. The van der Waals surface area contributed by atoms with Crippen molar-refractivity contribution in [2.45, 2.75) is 0 Å². The molecule has 0 saturated heterocycles. The summed E-state index contributed by atoms with van der Waals surface area (Å²) in [5, 5.41) is 7.06. The molecule has 2 aromatic carbocycles. The van der Waals surface area contributed by atoms with Crippen molar-refractivity contribution >= 4 is 28.7 Å². The minimum atomic E-state index is -0.859. The zero-order valence-electron chi connectivity index (χ0n) is 16.8. The number of carbonyl (C=O) groups is 1. The van der Waals surface area contributed by atoms with Crippen LogP contribution in [0.5, 0.6) is 0 Å². The van der Waals surface area contributed by atoms with Crippen LogP contribution in [-0.4, -0.2) is 25.5 Å². The number of para-hydroxylation sites is 1. The van der Waals surface area contributed by atoms with Crippen molar-refractivity contribution in [1.82, 2.24) is 19.6 Å². The maximum atomic E-state index is 14.0. The van der Waals surface area contributed by atoms with Gasteiger partial charge in [-0.2, -0.15) is 5.10 Å². The van der Waals surface area contributed by atoms with Gasteiger partial charge in [-0.15, -0.1) is 0 Å². The lowest BCUT2D eigenvalue weighted by Gasteiger charge is -2.09. The lowest BCUT2D eigenvalue weighted by Crippen LogP contribution is -2.14. The van der Waals surface area contributed by atoms with E-state index in [1.807, 2.05) is 18.2 Å². The minimum Gasteiger partial charge on any atom is -0.317 e. The number of carbonyl (C=O) groups excluding carboxylic acids is 1. The molecule has 33 heavy (non-hydrogen) atoms. The number of halogens is 3. The smallest absolute Gasteiger partial charge is 0.255 e. The first-order chi connectivity index (χ1) is 16.0. The molecule has 9 heteroatoms. The van der Waals surface area contributed by atoms with Gasteiger partial charge in [0.05, 0.1) is 16.8 Å². The van der Waals surface area contributed by atoms with Crippen LogP contribution in [0.4, 0.5) is 14.5 Å². The highest BCUT2D eigenvalue weighted by molar-refractivity contribution is 6.28. The molecule has 0 bridgehead atoms. The van der Waals surface area contributed by atoms with E-state index in [-0.39, 0.29) is 10.8 Å². The van der Waals surface area contributed by atoms with E-state index in [0.29, 0.717) is 22.5 Å². The van der Waals surface area contributed by atoms with Crippen LogP contribution in [-0.2, 0) is 0 Å². The molecule has 0 unspecified atom stereocenters. The van der Waals surface area contributed by atoms with Gasteiger partial charge in [0.1, 0.15) is 23.0 Å². The second kappa shape index (κ2) is 8.40. The Labute approximate surface area is 191 Å². The molecular weight excluding hydrogens is 448 g/mol. The number of anilines is 1. The third kappa shape index (κ3) is 3.92. The van der Waals surface area contributed by atoms with Gasteiger partial charge in [0.25, 0.3) is 5.91 Å². The molecule has 0 aliphatic heterocycles. The number of nitrogens with one attached hydrogen (secondary N) is 1. The summed E-state index contributed by atoms with van der Waals surface area (Å²) in [7, 11) is 0. The topological polar surface area (TPSA) is 72.2 Å². The number of benzene rings is 2. The van der Waals surface area contributed by atoms with Crippen LogP contribution in [0.25, 0.3) is 28.0 Å². The third-order valence-corrected chi connectivity index (χ3v) is 5.20. The lowest BCUT2D eigenvalue weighted by molar-refractivity contribution is 0.102. The van der Waals surface area contributed by atoms with Crippen LogP contribution in [0.3, 0.4) is 0 Å². The highest BCUT2D eigenvalue weighted by Gasteiger charge is 2.19. The zero-order valence-corrected chi connectivity index (χ0v) is 17.6. The Bertz CT molecular complexity index is 1500. The Morgan fingerprint density at radius 2 is 1.76 bits per heavy atom. The molecule has 0 spiro atoms. The van der Waals surface area contributed by atoms with E-state index >= 15 is 0 Å². The number of hydrogen-bond donors (Lipinski definition) is 1. The van der Waals surface area contributed by atoms with Gasteiger partial charge in [0.15, 0.2) is 0 Å². The van der Waals surface area contributed by atoms with Gasteiger partial charge in [-0.3, -0.25) is 4.79 Å². The first-order valence-corrected chi connectivity index (χ1v) is 10.2. The van der Waals surface area contributed by atoms with Gasteiger partial charge in [-0.25, -0.2) is 23.3 Å². The second-order valence-electron chi connectivity index (χ2n) is 7.10. The van der Waals surface area contributed by atoms with Crippen LogP contribution in [0.1, 0.15) is 10.4 Å². The monoisotopic (exact) mass is 461 g/mol. The lowest BCUT2D eigenvalue weighted by atomic mass is 10.0. The second-order valence-corrected chi connectivity index (χ2v) is 7.43. The van der Waals surface area contributed by atoms with Crippen LogP contribution < -0.4 is 5.32 Å². The number of pyridine rings is 1. The average molecular weight is 462 g/mol. The normalized spacial score (nSPS) is 11.0. The van der Waals surface area contributed by atoms with Gasteiger partial charge in [0, 0.05) is 23.5 Å². The maximum absolute atomic E-state index is 14.0. The quantitative estimate of drug-likeness (QED) is 0.351. The fourth-order valence-corrected chi connectivity index (χ4v) is 3.69. The van der Waals surface area contributed by atoms with E-state index in [4.69, 9.17) is 11.6 Å². The van der Waals surface area contributed by atoms with E-state index in [0.717, 1.165) is 17.6 Å².